The standard InChI is InChI=1S/C12H19NO5/c1-7-6-8(14)9(10(15)17-5)13(7)11(16)18-12(2,3)4/h7,9H,6H2,1-5H3/t7-,9?/m1/s1. The zero-order valence-corrected chi connectivity index (χ0v) is 11.4. The molecule has 6 heteroatoms. The van der Waals surface area contributed by atoms with E-state index in [2.05, 4.69) is 4.74 Å². The Kier molecular flexibility index (Phi) is 3.98. The average molecular weight is 257 g/mol. The van der Waals surface area contributed by atoms with Crippen LogP contribution in [0, 0.1) is 0 Å². The van der Waals surface area contributed by atoms with E-state index in [0.29, 0.717) is 0 Å². The van der Waals surface area contributed by atoms with Gasteiger partial charge in [0.1, 0.15) is 5.60 Å². The molecule has 1 aliphatic rings. The second kappa shape index (κ2) is 4.96. The van der Waals surface area contributed by atoms with E-state index in [1.54, 1.807) is 27.7 Å². The third-order valence-electron chi connectivity index (χ3n) is 2.58. The number of nitrogens with zero attached hydrogens (tertiary/aromatic N) is 1. The fraction of sp³-hybridized carbons (Fsp3) is 0.750. The Bertz CT molecular complexity index is 363. The number of hydrogen-bond acceptors (Lipinski definition) is 5. The molecular weight excluding hydrogens is 238 g/mol. The Labute approximate surface area is 106 Å². The quantitative estimate of drug-likeness (QED) is 0.520. The SMILES string of the molecule is COC(=O)C1C(=O)C[C@@H](C)N1C(=O)OC(C)(C)C. The van der Waals surface area contributed by atoms with Gasteiger partial charge in [0.15, 0.2) is 11.8 Å². The smallest absolute Gasteiger partial charge is 0.411 e. The summed E-state index contributed by atoms with van der Waals surface area (Å²) in [6, 6.07) is -1.55. The van der Waals surface area contributed by atoms with Crippen LogP contribution in [-0.4, -0.2) is 47.5 Å². The molecule has 0 aromatic heterocycles. The minimum absolute atomic E-state index is 0.138. The van der Waals surface area contributed by atoms with E-state index in [0.717, 1.165) is 4.90 Å². The van der Waals surface area contributed by atoms with Crippen LogP contribution in [-0.2, 0) is 19.1 Å². The molecule has 0 aliphatic carbocycles. The van der Waals surface area contributed by atoms with Gasteiger partial charge in [0, 0.05) is 12.5 Å². The van der Waals surface area contributed by atoms with Crippen LogP contribution in [0.4, 0.5) is 4.79 Å². The highest BCUT2D eigenvalue weighted by atomic mass is 16.6. The molecule has 0 spiro atoms. The summed E-state index contributed by atoms with van der Waals surface area (Å²) in [7, 11) is 1.19. The fourth-order valence-electron chi connectivity index (χ4n) is 1.87. The fourth-order valence-corrected chi connectivity index (χ4v) is 1.87. The Hall–Kier alpha value is -1.59. The normalized spacial score (nSPS) is 24.1. The van der Waals surface area contributed by atoms with E-state index in [9.17, 15) is 14.4 Å². The van der Waals surface area contributed by atoms with Crippen molar-refractivity contribution in [3.8, 4) is 0 Å². The first-order valence-electron chi connectivity index (χ1n) is 5.79. The number of ketones is 1. The third-order valence-corrected chi connectivity index (χ3v) is 2.58. The number of esters is 1. The molecule has 0 aromatic carbocycles. The van der Waals surface area contributed by atoms with Gasteiger partial charge in [-0.3, -0.25) is 9.69 Å². The second-order valence-electron chi connectivity index (χ2n) is 5.33. The van der Waals surface area contributed by atoms with Gasteiger partial charge in [-0.15, -0.1) is 0 Å². The van der Waals surface area contributed by atoms with E-state index in [1.807, 2.05) is 0 Å². The monoisotopic (exact) mass is 257 g/mol. The lowest BCUT2D eigenvalue weighted by Crippen LogP contribution is -2.48. The molecule has 1 fully saturated rings. The highest BCUT2D eigenvalue weighted by Gasteiger charge is 2.47. The van der Waals surface area contributed by atoms with Crippen LogP contribution in [0.15, 0.2) is 0 Å². The largest absolute Gasteiger partial charge is 0.467 e. The molecule has 1 saturated heterocycles. The van der Waals surface area contributed by atoms with Gasteiger partial charge < -0.3 is 9.47 Å². The van der Waals surface area contributed by atoms with Crippen molar-refractivity contribution in [1.29, 1.82) is 0 Å². The first-order chi connectivity index (χ1) is 8.17. The topological polar surface area (TPSA) is 72.9 Å². The van der Waals surface area contributed by atoms with E-state index < -0.39 is 23.7 Å². The molecule has 102 valence electrons. The molecule has 0 radical (unpaired) electrons. The van der Waals surface area contributed by atoms with Crippen molar-refractivity contribution in [1.82, 2.24) is 4.90 Å². The van der Waals surface area contributed by atoms with Crippen molar-refractivity contribution >= 4 is 17.8 Å². The zero-order valence-electron chi connectivity index (χ0n) is 11.4. The van der Waals surface area contributed by atoms with Gasteiger partial charge in [-0.25, -0.2) is 9.59 Å². The highest BCUT2D eigenvalue weighted by molar-refractivity contribution is 6.07. The molecule has 1 rings (SSSR count). The summed E-state index contributed by atoms with van der Waals surface area (Å²) in [6.07, 6.45) is -0.532. The van der Waals surface area contributed by atoms with Crippen molar-refractivity contribution in [3.05, 3.63) is 0 Å². The zero-order chi connectivity index (χ0) is 14.1. The van der Waals surface area contributed by atoms with Crippen molar-refractivity contribution in [2.24, 2.45) is 0 Å². The highest BCUT2D eigenvalue weighted by Crippen LogP contribution is 2.24. The summed E-state index contributed by atoms with van der Waals surface area (Å²) in [6.45, 7) is 6.87. The number of hydrogen-bond donors (Lipinski definition) is 0. The first kappa shape index (κ1) is 14.5. The maximum Gasteiger partial charge on any atom is 0.411 e. The molecule has 2 atom stereocenters. The van der Waals surface area contributed by atoms with E-state index in [-0.39, 0.29) is 18.2 Å². The van der Waals surface area contributed by atoms with Gasteiger partial charge in [0.25, 0.3) is 0 Å². The van der Waals surface area contributed by atoms with Crippen LogP contribution in [0.2, 0.25) is 0 Å². The van der Waals surface area contributed by atoms with E-state index in [4.69, 9.17) is 4.74 Å². The van der Waals surface area contributed by atoms with Crippen molar-refractivity contribution in [2.75, 3.05) is 7.11 Å². The molecule has 0 aromatic rings. The molecule has 1 heterocycles. The van der Waals surface area contributed by atoms with E-state index in [1.165, 1.54) is 7.11 Å². The average Bonchev–Trinajstić information content (AvgIpc) is 2.49. The van der Waals surface area contributed by atoms with Gasteiger partial charge in [0.2, 0.25) is 0 Å². The molecular formula is C12H19NO5. The van der Waals surface area contributed by atoms with Gasteiger partial charge in [-0.05, 0) is 27.7 Å². The summed E-state index contributed by atoms with van der Waals surface area (Å²) in [4.78, 5) is 36.4. The van der Waals surface area contributed by atoms with Gasteiger partial charge in [0.05, 0.1) is 7.11 Å². The minimum Gasteiger partial charge on any atom is -0.467 e. The Morgan fingerprint density at radius 2 is 1.89 bits per heavy atom. The molecule has 0 bridgehead atoms. The van der Waals surface area contributed by atoms with Crippen LogP contribution in [0.5, 0.6) is 0 Å². The number of rotatable bonds is 1. The van der Waals surface area contributed by atoms with Crippen LogP contribution in [0.25, 0.3) is 0 Å². The summed E-state index contributed by atoms with van der Waals surface area (Å²) in [5, 5.41) is 0. The van der Waals surface area contributed by atoms with Crippen molar-refractivity contribution in [2.45, 2.75) is 51.8 Å². The second-order valence-corrected chi connectivity index (χ2v) is 5.33. The Morgan fingerprint density at radius 3 is 2.33 bits per heavy atom. The van der Waals surface area contributed by atoms with E-state index >= 15 is 0 Å². The summed E-state index contributed by atoms with van der Waals surface area (Å²) in [5.41, 5.74) is -0.677. The van der Waals surface area contributed by atoms with Crippen LogP contribution >= 0.6 is 0 Å². The number of carbonyl (C=O) groups excluding carboxylic acids is 3. The van der Waals surface area contributed by atoms with Gasteiger partial charge in [-0.1, -0.05) is 0 Å². The maximum absolute atomic E-state index is 12.0. The first-order valence-corrected chi connectivity index (χ1v) is 5.79. The number of ether oxygens (including phenoxy) is 2. The summed E-state index contributed by atoms with van der Waals surface area (Å²) in [5.74, 6) is -1.05. The Balaban J connectivity index is 2.93. The Morgan fingerprint density at radius 1 is 1.33 bits per heavy atom. The predicted octanol–water partition coefficient (Wildman–Crippen LogP) is 1.13. The van der Waals surface area contributed by atoms with Crippen LogP contribution in [0.1, 0.15) is 34.1 Å². The van der Waals surface area contributed by atoms with Crippen LogP contribution < -0.4 is 0 Å². The molecule has 1 unspecified atom stereocenters. The number of amides is 1. The van der Waals surface area contributed by atoms with Crippen LogP contribution in [0.3, 0.4) is 0 Å². The minimum atomic E-state index is -1.18. The summed E-state index contributed by atoms with van der Waals surface area (Å²) < 4.78 is 9.75. The molecule has 1 amide bonds. The lowest BCUT2D eigenvalue weighted by Gasteiger charge is -2.29. The van der Waals surface area contributed by atoms with Gasteiger partial charge in [-0.2, -0.15) is 0 Å². The molecule has 0 saturated carbocycles. The third kappa shape index (κ3) is 3.00. The molecule has 0 N–H and O–H groups in total. The molecule has 6 nitrogen and oxygen atoms in total. The lowest BCUT2D eigenvalue weighted by molar-refractivity contribution is -0.148. The van der Waals surface area contributed by atoms with Crippen molar-refractivity contribution in [3.63, 3.8) is 0 Å². The summed E-state index contributed by atoms with van der Waals surface area (Å²) >= 11 is 0. The predicted molar refractivity (Wildman–Crippen MR) is 63.0 cm³/mol. The van der Waals surface area contributed by atoms with Gasteiger partial charge >= 0.3 is 12.1 Å². The number of methoxy groups -OCH3 is 1. The maximum atomic E-state index is 12.0. The number of Topliss-reactive ketones (excluding diaryl/α,β-unsaturated/α-hetero) is 1. The number of likely N-dealkylation sites (tertiary alicyclic amines) is 1. The molecule has 1 aliphatic heterocycles. The lowest BCUT2D eigenvalue weighted by atomic mass is 10.2. The number of carbonyl (C=O) groups is 3. The van der Waals surface area contributed by atoms with Crippen molar-refractivity contribution < 1.29 is 23.9 Å². The molecule has 18 heavy (non-hydrogen) atoms.